The van der Waals surface area contributed by atoms with Crippen LogP contribution in [0.15, 0.2) is 53.6 Å². The smallest absolute Gasteiger partial charge is 0.283 e. The van der Waals surface area contributed by atoms with E-state index in [4.69, 9.17) is 10.5 Å². The van der Waals surface area contributed by atoms with Gasteiger partial charge in [0.05, 0.1) is 11.9 Å². The minimum atomic E-state index is -0.323. The molecule has 7 heteroatoms. The molecule has 27 heavy (non-hydrogen) atoms. The number of hydrogen-bond donors (Lipinski definition) is 2. The summed E-state index contributed by atoms with van der Waals surface area (Å²) in [7, 11) is 0. The highest BCUT2D eigenvalue weighted by molar-refractivity contribution is 7.17. The molecule has 3 rings (SSSR count). The number of nitrogen functional groups attached to an aromatic ring is 1. The summed E-state index contributed by atoms with van der Waals surface area (Å²) in [5.41, 5.74) is 11.9. The molecule has 0 unspecified atom stereocenters. The Hall–Kier alpha value is -3.19. The molecule has 0 aliphatic heterocycles. The summed E-state index contributed by atoms with van der Waals surface area (Å²) >= 11 is 1.14. The van der Waals surface area contributed by atoms with Crippen molar-refractivity contribution in [3.05, 3.63) is 75.8 Å². The van der Waals surface area contributed by atoms with Gasteiger partial charge in [-0.1, -0.05) is 41.2 Å². The Bertz CT molecular complexity index is 947. The lowest BCUT2D eigenvalue weighted by atomic mass is 10.2. The van der Waals surface area contributed by atoms with Gasteiger partial charge in [0, 0.05) is 0 Å². The number of aromatic nitrogens is 1. The molecule has 138 valence electrons. The minimum absolute atomic E-state index is 0.323. The van der Waals surface area contributed by atoms with Gasteiger partial charge in [-0.2, -0.15) is 5.10 Å². The van der Waals surface area contributed by atoms with Crippen molar-refractivity contribution in [1.29, 1.82) is 0 Å². The predicted octanol–water partition coefficient (Wildman–Crippen LogP) is 3.69. The fraction of sp³-hybridized carbons (Fsp3) is 0.150. The van der Waals surface area contributed by atoms with E-state index in [0.29, 0.717) is 22.3 Å². The van der Waals surface area contributed by atoms with Gasteiger partial charge in [-0.25, -0.2) is 10.4 Å². The third-order valence-electron chi connectivity index (χ3n) is 3.81. The Kier molecular flexibility index (Phi) is 5.83. The Morgan fingerprint density at radius 3 is 2.52 bits per heavy atom. The maximum atomic E-state index is 12.0. The van der Waals surface area contributed by atoms with Crippen LogP contribution in [-0.2, 0) is 6.61 Å². The van der Waals surface area contributed by atoms with E-state index in [2.05, 4.69) is 46.7 Å². The maximum Gasteiger partial charge on any atom is 0.283 e. The Labute approximate surface area is 161 Å². The van der Waals surface area contributed by atoms with Crippen molar-refractivity contribution in [2.24, 2.45) is 5.10 Å². The summed E-state index contributed by atoms with van der Waals surface area (Å²) in [5, 5.41) is 4.34. The number of carbonyl (C=O) groups is 1. The van der Waals surface area contributed by atoms with E-state index in [1.807, 2.05) is 24.3 Å². The van der Waals surface area contributed by atoms with Crippen LogP contribution in [0.2, 0.25) is 0 Å². The first-order chi connectivity index (χ1) is 13.0. The zero-order valence-corrected chi connectivity index (χ0v) is 15.9. The number of ether oxygens (including phenoxy) is 1. The first-order valence-corrected chi connectivity index (χ1v) is 9.17. The first kappa shape index (κ1) is 18.6. The SMILES string of the molecule is Cc1ccc(COc2ccc(/C=N\NC(=O)c3sc(N)nc3C)cc2)cc1. The predicted molar refractivity (Wildman–Crippen MR) is 108 cm³/mol. The number of carbonyl (C=O) groups excluding carboxylic acids is 1. The molecule has 3 N–H and O–H groups in total. The second-order valence-electron chi connectivity index (χ2n) is 6.01. The van der Waals surface area contributed by atoms with Crippen LogP contribution in [-0.4, -0.2) is 17.1 Å². The molecule has 3 aromatic rings. The van der Waals surface area contributed by atoms with Gasteiger partial charge >= 0.3 is 0 Å². The number of rotatable bonds is 6. The quantitative estimate of drug-likeness (QED) is 0.504. The van der Waals surface area contributed by atoms with Crippen LogP contribution in [0, 0.1) is 13.8 Å². The molecule has 1 heterocycles. The molecule has 0 atom stereocenters. The number of nitrogens with one attached hydrogen (secondary N) is 1. The van der Waals surface area contributed by atoms with E-state index in [9.17, 15) is 4.79 Å². The molecular formula is C20H20N4O2S. The number of aryl methyl sites for hydroxylation is 2. The molecule has 0 saturated carbocycles. The van der Waals surface area contributed by atoms with E-state index in [0.717, 1.165) is 28.2 Å². The molecule has 0 fully saturated rings. The summed E-state index contributed by atoms with van der Waals surface area (Å²) in [6.45, 7) is 4.31. The van der Waals surface area contributed by atoms with Crippen molar-refractivity contribution >= 4 is 28.6 Å². The van der Waals surface area contributed by atoms with Crippen molar-refractivity contribution in [1.82, 2.24) is 10.4 Å². The standard InChI is InChI=1S/C20H20N4O2S/c1-13-3-5-16(6-4-13)12-26-17-9-7-15(8-10-17)11-22-24-19(25)18-14(2)23-20(21)27-18/h3-11H,12H2,1-2H3,(H2,21,23)(H,24,25)/b22-11-. The summed E-state index contributed by atoms with van der Waals surface area (Å²) in [5.74, 6) is 0.448. The summed E-state index contributed by atoms with van der Waals surface area (Å²) in [4.78, 5) is 16.5. The molecule has 0 saturated heterocycles. The number of hydrogen-bond acceptors (Lipinski definition) is 6. The Balaban J connectivity index is 1.52. The van der Waals surface area contributed by atoms with E-state index >= 15 is 0 Å². The lowest BCUT2D eigenvalue weighted by Crippen LogP contribution is -2.17. The number of thiazole rings is 1. The Morgan fingerprint density at radius 2 is 1.89 bits per heavy atom. The number of benzene rings is 2. The minimum Gasteiger partial charge on any atom is -0.489 e. The molecule has 0 aliphatic carbocycles. The molecule has 2 aromatic carbocycles. The number of anilines is 1. The molecule has 0 spiro atoms. The molecule has 1 aromatic heterocycles. The monoisotopic (exact) mass is 380 g/mol. The number of nitrogens with two attached hydrogens (primary N) is 1. The van der Waals surface area contributed by atoms with Gasteiger partial charge < -0.3 is 10.5 Å². The fourth-order valence-electron chi connectivity index (χ4n) is 2.35. The highest BCUT2D eigenvalue weighted by Gasteiger charge is 2.13. The van der Waals surface area contributed by atoms with Crippen molar-refractivity contribution in [3.8, 4) is 5.75 Å². The van der Waals surface area contributed by atoms with Gasteiger partial charge in [0.25, 0.3) is 5.91 Å². The average molecular weight is 380 g/mol. The molecule has 0 bridgehead atoms. The third-order valence-corrected chi connectivity index (χ3v) is 4.79. The van der Waals surface area contributed by atoms with Crippen LogP contribution in [0.1, 0.15) is 32.1 Å². The second kappa shape index (κ2) is 8.46. The maximum absolute atomic E-state index is 12.0. The van der Waals surface area contributed by atoms with Gasteiger partial charge in [-0.15, -0.1) is 0 Å². The highest BCUT2D eigenvalue weighted by Crippen LogP contribution is 2.19. The average Bonchev–Trinajstić information content (AvgIpc) is 3.00. The summed E-state index contributed by atoms with van der Waals surface area (Å²) in [6.07, 6.45) is 1.57. The molecule has 0 radical (unpaired) electrons. The van der Waals surface area contributed by atoms with Crippen molar-refractivity contribution < 1.29 is 9.53 Å². The number of hydrazone groups is 1. The largest absolute Gasteiger partial charge is 0.489 e. The Morgan fingerprint density at radius 1 is 1.19 bits per heavy atom. The lowest BCUT2D eigenvalue weighted by Gasteiger charge is -2.06. The van der Waals surface area contributed by atoms with Crippen LogP contribution in [0.3, 0.4) is 0 Å². The normalized spacial score (nSPS) is 10.9. The molecular weight excluding hydrogens is 360 g/mol. The van der Waals surface area contributed by atoms with Crippen molar-refractivity contribution in [2.45, 2.75) is 20.5 Å². The molecule has 0 aliphatic rings. The van der Waals surface area contributed by atoms with Gasteiger partial charge in [0.2, 0.25) is 0 Å². The lowest BCUT2D eigenvalue weighted by molar-refractivity contribution is 0.0958. The summed E-state index contributed by atoms with van der Waals surface area (Å²) < 4.78 is 5.77. The van der Waals surface area contributed by atoms with E-state index < -0.39 is 0 Å². The number of amides is 1. The third kappa shape index (κ3) is 5.15. The van der Waals surface area contributed by atoms with Crippen LogP contribution in [0.25, 0.3) is 0 Å². The first-order valence-electron chi connectivity index (χ1n) is 8.36. The van der Waals surface area contributed by atoms with E-state index in [1.54, 1.807) is 13.1 Å². The summed E-state index contributed by atoms with van der Waals surface area (Å²) in [6, 6.07) is 15.7. The van der Waals surface area contributed by atoms with Gasteiger partial charge in [-0.3, -0.25) is 4.79 Å². The zero-order chi connectivity index (χ0) is 19.2. The van der Waals surface area contributed by atoms with Crippen LogP contribution in [0.4, 0.5) is 5.13 Å². The van der Waals surface area contributed by atoms with E-state index in [-0.39, 0.29) is 5.91 Å². The molecule has 6 nitrogen and oxygen atoms in total. The second-order valence-corrected chi connectivity index (χ2v) is 7.04. The van der Waals surface area contributed by atoms with Crippen molar-refractivity contribution in [3.63, 3.8) is 0 Å². The van der Waals surface area contributed by atoms with Gasteiger partial charge in [-0.05, 0) is 49.2 Å². The molecule has 1 amide bonds. The van der Waals surface area contributed by atoms with Crippen molar-refractivity contribution in [2.75, 3.05) is 5.73 Å². The van der Waals surface area contributed by atoms with Gasteiger partial charge in [0.15, 0.2) is 5.13 Å². The van der Waals surface area contributed by atoms with Crippen LogP contribution < -0.4 is 15.9 Å². The van der Waals surface area contributed by atoms with E-state index in [1.165, 1.54) is 5.56 Å². The topological polar surface area (TPSA) is 89.6 Å². The van der Waals surface area contributed by atoms with Crippen LogP contribution in [0.5, 0.6) is 5.75 Å². The number of nitrogens with zero attached hydrogens (tertiary/aromatic N) is 2. The van der Waals surface area contributed by atoms with Crippen LogP contribution >= 0.6 is 11.3 Å². The highest BCUT2D eigenvalue weighted by atomic mass is 32.1. The fourth-order valence-corrected chi connectivity index (χ4v) is 3.07. The van der Waals surface area contributed by atoms with Gasteiger partial charge in [0.1, 0.15) is 17.2 Å². The zero-order valence-electron chi connectivity index (χ0n) is 15.1.